The van der Waals surface area contributed by atoms with Gasteiger partial charge in [0, 0.05) is 0 Å². The highest BCUT2D eigenvalue weighted by molar-refractivity contribution is 4.97. The maximum Gasteiger partial charge on any atom is -0.00125 e. The van der Waals surface area contributed by atoms with Crippen molar-refractivity contribution in [2.75, 3.05) is 32.7 Å². The standard InChI is InChI=1S/C17H32N2/c1-2-19-12-5-8-17(10-13-19)9-11-18-14-16(17)15-6-3-4-7-15/h15-16,18H,2-14H2,1H3. The number of nitrogens with zero attached hydrogens (tertiary/aromatic N) is 1. The normalized spacial score (nSPS) is 38.7. The molecule has 1 aliphatic carbocycles. The molecule has 2 unspecified atom stereocenters. The zero-order valence-electron chi connectivity index (χ0n) is 12.8. The molecule has 110 valence electrons. The van der Waals surface area contributed by atoms with E-state index < -0.39 is 0 Å². The fraction of sp³-hybridized carbons (Fsp3) is 1.00. The van der Waals surface area contributed by atoms with Crippen LogP contribution in [-0.2, 0) is 0 Å². The topological polar surface area (TPSA) is 15.3 Å². The highest BCUT2D eigenvalue weighted by atomic mass is 15.1. The lowest BCUT2D eigenvalue weighted by molar-refractivity contribution is 0.0445. The Hall–Kier alpha value is -0.0800. The van der Waals surface area contributed by atoms with Crippen LogP contribution in [0.4, 0.5) is 0 Å². The second-order valence-corrected chi connectivity index (χ2v) is 7.26. The van der Waals surface area contributed by atoms with Gasteiger partial charge in [-0.1, -0.05) is 32.6 Å². The van der Waals surface area contributed by atoms with E-state index in [0.29, 0.717) is 5.41 Å². The molecule has 0 amide bonds. The second kappa shape index (κ2) is 6.13. The summed E-state index contributed by atoms with van der Waals surface area (Å²) >= 11 is 0. The molecule has 2 nitrogen and oxygen atoms in total. The van der Waals surface area contributed by atoms with Gasteiger partial charge in [0.15, 0.2) is 0 Å². The molecule has 2 aliphatic heterocycles. The minimum absolute atomic E-state index is 0.699. The van der Waals surface area contributed by atoms with Crippen LogP contribution >= 0.6 is 0 Å². The average Bonchev–Trinajstić information content (AvgIpc) is 2.89. The minimum Gasteiger partial charge on any atom is -0.316 e. The summed E-state index contributed by atoms with van der Waals surface area (Å²) in [5, 5.41) is 3.72. The van der Waals surface area contributed by atoms with Crippen molar-refractivity contribution in [2.24, 2.45) is 17.3 Å². The number of piperidine rings is 1. The van der Waals surface area contributed by atoms with Gasteiger partial charge < -0.3 is 10.2 Å². The molecule has 3 rings (SSSR count). The molecular weight excluding hydrogens is 232 g/mol. The first kappa shape index (κ1) is 13.9. The lowest BCUT2D eigenvalue weighted by Crippen LogP contribution is -2.48. The van der Waals surface area contributed by atoms with Crippen molar-refractivity contribution in [3.8, 4) is 0 Å². The molecule has 0 bridgehead atoms. The number of likely N-dealkylation sites (tertiary alicyclic amines) is 1. The minimum atomic E-state index is 0.699. The average molecular weight is 264 g/mol. The van der Waals surface area contributed by atoms with Gasteiger partial charge in [0.1, 0.15) is 0 Å². The summed E-state index contributed by atoms with van der Waals surface area (Å²) in [5.41, 5.74) is 0.699. The monoisotopic (exact) mass is 264 g/mol. The van der Waals surface area contributed by atoms with Gasteiger partial charge in [-0.05, 0) is 75.7 Å². The van der Waals surface area contributed by atoms with Crippen LogP contribution in [0.2, 0.25) is 0 Å². The molecular formula is C17H32N2. The molecule has 0 aromatic heterocycles. The number of nitrogens with one attached hydrogen (secondary N) is 1. The van der Waals surface area contributed by atoms with Crippen molar-refractivity contribution in [1.82, 2.24) is 10.2 Å². The summed E-state index contributed by atoms with van der Waals surface area (Å²) in [6.45, 7) is 8.88. The summed E-state index contributed by atoms with van der Waals surface area (Å²) in [5.74, 6) is 2.03. The van der Waals surface area contributed by atoms with Crippen LogP contribution in [0.3, 0.4) is 0 Å². The van der Waals surface area contributed by atoms with E-state index in [-0.39, 0.29) is 0 Å². The molecule has 3 fully saturated rings. The molecule has 2 saturated heterocycles. The van der Waals surface area contributed by atoms with Crippen LogP contribution in [-0.4, -0.2) is 37.6 Å². The maximum atomic E-state index is 3.72. The summed E-state index contributed by atoms with van der Waals surface area (Å²) in [6.07, 6.45) is 11.9. The fourth-order valence-corrected chi connectivity index (χ4v) is 5.23. The van der Waals surface area contributed by atoms with Crippen molar-refractivity contribution >= 4 is 0 Å². The van der Waals surface area contributed by atoms with E-state index in [0.717, 1.165) is 11.8 Å². The van der Waals surface area contributed by atoms with E-state index >= 15 is 0 Å². The van der Waals surface area contributed by atoms with Gasteiger partial charge in [-0.2, -0.15) is 0 Å². The number of hydrogen-bond acceptors (Lipinski definition) is 2. The van der Waals surface area contributed by atoms with Gasteiger partial charge in [0.2, 0.25) is 0 Å². The molecule has 19 heavy (non-hydrogen) atoms. The highest BCUT2D eigenvalue weighted by Gasteiger charge is 2.45. The van der Waals surface area contributed by atoms with Crippen molar-refractivity contribution in [2.45, 2.75) is 58.3 Å². The van der Waals surface area contributed by atoms with E-state index in [4.69, 9.17) is 0 Å². The Labute approximate surface area is 119 Å². The molecule has 1 saturated carbocycles. The lowest BCUT2D eigenvalue weighted by atomic mass is 9.61. The first-order valence-electron chi connectivity index (χ1n) is 8.77. The van der Waals surface area contributed by atoms with Crippen molar-refractivity contribution in [3.05, 3.63) is 0 Å². The Bertz CT molecular complexity index is 285. The molecule has 1 spiro atoms. The zero-order chi connectivity index (χ0) is 13.1. The fourth-order valence-electron chi connectivity index (χ4n) is 5.23. The lowest BCUT2D eigenvalue weighted by Gasteiger charge is -2.47. The van der Waals surface area contributed by atoms with E-state index in [9.17, 15) is 0 Å². The first-order valence-corrected chi connectivity index (χ1v) is 8.77. The molecule has 0 aromatic rings. The number of rotatable bonds is 2. The van der Waals surface area contributed by atoms with Gasteiger partial charge >= 0.3 is 0 Å². The third kappa shape index (κ3) is 2.85. The molecule has 2 heteroatoms. The van der Waals surface area contributed by atoms with E-state index in [2.05, 4.69) is 17.1 Å². The van der Waals surface area contributed by atoms with Crippen molar-refractivity contribution in [1.29, 1.82) is 0 Å². The summed E-state index contributed by atoms with van der Waals surface area (Å²) < 4.78 is 0. The third-order valence-electron chi connectivity index (χ3n) is 6.44. The highest BCUT2D eigenvalue weighted by Crippen LogP contribution is 2.50. The predicted octanol–water partition coefficient (Wildman–Crippen LogP) is 3.28. The van der Waals surface area contributed by atoms with E-state index in [1.807, 2.05) is 0 Å². The summed E-state index contributed by atoms with van der Waals surface area (Å²) in [6, 6.07) is 0. The first-order chi connectivity index (χ1) is 9.34. The van der Waals surface area contributed by atoms with Crippen molar-refractivity contribution < 1.29 is 0 Å². The van der Waals surface area contributed by atoms with Crippen LogP contribution in [0.1, 0.15) is 58.3 Å². The Morgan fingerprint density at radius 3 is 2.68 bits per heavy atom. The van der Waals surface area contributed by atoms with E-state index in [1.54, 1.807) is 0 Å². The molecule has 2 heterocycles. The molecule has 2 atom stereocenters. The Morgan fingerprint density at radius 1 is 1.05 bits per heavy atom. The predicted molar refractivity (Wildman–Crippen MR) is 81.3 cm³/mol. The van der Waals surface area contributed by atoms with Crippen LogP contribution in [0.5, 0.6) is 0 Å². The Morgan fingerprint density at radius 2 is 1.89 bits per heavy atom. The molecule has 1 N–H and O–H groups in total. The quantitative estimate of drug-likeness (QED) is 0.823. The van der Waals surface area contributed by atoms with Crippen molar-refractivity contribution in [3.63, 3.8) is 0 Å². The van der Waals surface area contributed by atoms with Crippen LogP contribution in [0, 0.1) is 17.3 Å². The SMILES string of the molecule is CCN1CCCC2(CCNCC2C2CCCC2)CC1. The number of hydrogen-bond donors (Lipinski definition) is 1. The smallest absolute Gasteiger partial charge is 0.00125 e. The molecule has 3 aliphatic rings. The molecule has 0 aromatic carbocycles. The maximum absolute atomic E-state index is 3.72. The Kier molecular flexibility index (Phi) is 4.48. The van der Waals surface area contributed by atoms with Gasteiger partial charge in [0.25, 0.3) is 0 Å². The summed E-state index contributed by atoms with van der Waals surface area (Å²) in [7, 11) is 0. The van der Waals surface area contributed by atoms with Crippen LogP contribution in [0.25, 0.3) is 0 Å². The zero-order valence-corrected chi connectivity index (χ0v) is 12.8. The second-order valence-electron chi connectivity index (χ2n) is 7.26. The van der Waals surface area contributed by atoms with E-state index in [1.165, 1.54) is 84.1 Å². The third-order valence-corrected chi connectivity index (χ3v) is 6.44. The van der Waals surface area contributed by atoms with Gasteiger partial charge in [-0.15, -0.1) is 0 Å². The van der Waals surface area contributed by atoms with Gasteiger partial charge in [-0.3, -0.25) is 0 Å². The van der Waals surface area contributed by atoms with Crippen LogP contribution in [0.15, 0.2) is 0 Å². The Balaban J connectivity index is 1.73. The largest absolute Gasteiger partial charge is 0.316 e. The van der Waals surface area contributed by atoms with Gasteiger partial charge in [-0.25, -0.2) is 0 Å². The summed E-state index contributed by atoms with van der Waals surface area (Å²) in [4.78, 5) is 2.68. The van der Waals surface area contributed by atoms with Gasteiger partial charge in [0.05, 0.1) is 0 Å². The molecule has 0 radical (unpaired) electrons. The van der Waals surface area contributed by atoms with Crippen LogP contribution < -0.4 is 5.32 Å².